The van der Waals surface area contributed by atoms with Crippen LogP contribution in [-0.4, -0.2) is 71.7 Å². The van der Waals surface area contributed by atoms with Crippen molar-refractivity contribution in [2.75, 3.05) is 25.6 Å². The van der Waals surface area contributed by atoms with Gasteiger partial charge in [0.05, 0.1) is 12.6 Å². The van der Waals surface area contributed by atoms with Crippen molar-refractivity contribution in [3.05, 3.63) is 72.1 Å². The lowest BCUT2D eigenvalue weighted by atomic mass is 9.89. The molecule has 0 aliphatic heterocycles. The van der Waals surface area contributed by atoms with Gasteiger partial charge in [-0.3, -0.25) is 19.2 Å². The Labute approximate surface area is 243 Å². The Morgan fingerprint density at radius 2 is 1.54 bits per heavy atom. The lowest BCUT2D eigenvalue weighted by Gasteiger charge is -2.20. The van der Waals surface area contributed by atoms with E-state index in [9.17, 15) is 19.2 Å². The molecule has 2 heterocycles. The quantitative estimate of drug-likeness (QED) is 0.141. The normalized spacial score (nSPS) is 13.5. The Morgan fingerprint density at radius 1 is 0.927 bits per heavy atom. The van der Waals surface area contributed by atoms with Gasteiger partial charge in [-0.15, -0.1) is 0 Å². The van der Waals surface area contributed by atoms with Gasteiger partial charge in [0.25, 0.3) is 6.47 Å². The van der Waals surface area contributed by atoms with Gasteiger partial charge in [-0.2, -0.15) is 11.8 Å². The predicted octanol–water partition coefficient (Wildman–Crippen LogP) is 3.58. The van der Waals surface area contributed by atoms with Crippen LogP contribution in [0.3, 0.4) is 0 Å². The van der Waals surface area contributed by atoms with E-state index in [1.807, 2.05) is 67.2 Å². The zero-order chi connectivity index (χ0) is 29.2. The van der Waals surface area contributed by atoms with Crippen LogP contribution in [0.4, 0.5) is 0 Å². The molecule has 0 spiro atoms. The molecule has 0 fully saturated rings. The summed E-state index contributed by atoms with van der Waals surface area (Å²) in [6, 6.07) is 15.3. The van der Waals surface area contributed by atoms with Gasteiger partial charge in [0.2, 0.25) is 5.91 Å². The van der Waals surface area contributed by atoms with Crippen molar-refractivity contribution in [2.45, 2.75) is 37.8 Å². The summed E-state index contributed by atoms with van der Waals surface area (Å²) in [5, 5.41) is 7.92. The third-order valence-electron chi connectivity index (χ3n) is 7.31. The van der Waals surface area contributed by atoms with Crippen LogP contribution in [0.25, 0.3) is 21.8 Å². The highest BCUT2D eigenvalue weighted by Gasteiger charge is 2.28. The highest BCUT2D eigenvalue weighted by atomic mass is 32.2. The van der Waals surface area contributed by atoms with E-state index < -0.39 is 18.1 Å². The van der Waals surface area contributed by atoms with E-state index in [0.717, 1.165) is 32.9 Å². The Kier molecular flexibility index (Phi) is 10.8. The minimum Gasteiger partial charge on any atom is -0.463 e. The molecule has 0 aliphatic carbocycles. The van der Waals surface area contributed by atoms with Crippen LogP contribution >= 0.6 is 11.8 Å². The van der Waals surface area contributed by atoms with Gasteiger partial charge in [-0.1, -0.05) is 36.4 Å². The third kappa shape index (κ3) is 7.86. The number of benzene rings is 2. The Balaban J connectivity index is 1.48. The molecule has 0 saturated carbocycles. The zero-order valence-electron chi connectivity index (χ0n) is 23.3. The highest BCUT2D eigenvalue weighted by Crippen LogP contribution is 2.24. The Morgan fingerprint density at radius 3 is 2.12 bits per heavy atom. The fraction of sp³-hybridized carbons (Fsp3) is 0.355. The summed E-state index contributed by atoms with van der Waals surface area (Å²) in [5.41, 5.74) is 3.90. The van der Waals surface area contributed by atoms with Gasteiger partial charge >= 0.3 is 0 Å². The van der Waals surface area contributed by atoms with Gasteiger partial charge in [0, 0.05) is 58.7 Å². The minimum absolute atomic E-state index is 0.0107. The van der Waals surface area contributed by atoms with E-state index >= 15 is 0 Å². The fourth-order valence-corrected chi connectivity index (χ4v) is 5.74. The van der Waals surface area contributed by atoms with Gasteiger partial charge in [0.15, 0.2) is 11.6 Å². The number of aromatic amines is 2. The average molecular weight is 577 g/mol. The first-order chi connectivity index (χ1) is 19.9. The first-order valence-electron chi connectivity index (χ1n) is 13.6. The number of ketones is 2. The number of Topliss-reactive ketones (excluding diaryl/α,β-unsaturated/α-hetero) is 2. The van der Waals surface area contributed by atoms with E-state index in [2.05, 4.69) is 20.6 Å². The lowest BCUT2D eigenvalue weighted by Crippen LogP contribution is -2.41. The molecule has 0 aliphatic rings. The second-order valence-electron chi connectivity index (χ2n) is 10.1. The number of carbonyl (C=O) groups is 4. The number of rotatable bonds is 17. The van der Waals surface area contributed by atoms with Crippen molar-refractivity contribution >= 4 is 57.5 Å². The summed E-state index contributed by atoms with van der Waals surface area (Å²) < 4.78 is 4.99. The van der Waals surface area contributed by atoms with Crippen molar-refractivity contribution in [3.63, 3.8) is 0 Å². The van der Waals surface area contributed by atoms with E-state index in [0.29, 0.717) is 25.1 Å². The molecule has 2 aromatic heterocycles. The molecule has 4 N–H and O–H groups in total. The van der Waals surface area contributed by atoms with E-state index in [1.165, 1.54) is 11.8 Å². The number of nitrogens with one attached hydrogen (secondary N) is 4. The van der Waals surface area contributed by atoms with E-state index in [-0.39, 0.29) is 36.9 Å². The lowest BCUT2D eigenvalue weighted by molar-refractivity contribution is -0.135. The first-order valence-corrected chi connectivity index (χ1v) is 15.0. The van der Waals surface area contributed by atoms with Crippen LogP contribution in [0.15, 0.2) is 60.9 Å². The number of hydrogen-bond acceptors (Lipinski definition) is 7. The molecule has 216 valence electrons. The van der Waals surface area contributed by atoms with Crippen LogP contribution in [0.5, 0.6) is 0 Å². The van der Waals surface area contributed by atoms with Crippen molar-refractivity contribution in [1.82, 2.24) is 20.6 Å². The molecular formula is C31H36N4O5S. The van der Waals surface area contributed by atoms with Crippen LogP contribution in [0.2, 0.25) is 0 Å². The number of aromatic nitrogens is 2. The highest BCUT2D eigenvalue weighted by molar-refractivity contribution is 7.98. The Hall–Kier alpha value is -3.89. The standard InChI is InChI=1S/C31H36N4O5S/c1-32-29(12-22-16-34-28-10-6-4-8-26(22)28)30(38)13-20(11-21-15-33-27-9-5-3-7-25(21)27)31(39)35-17-23(37)14-24(18-41-2)40-19-36/h3-10,15-16,19-20,24,29,32-34H,11-14,17-18H2,1-2H3,(H,35,39). The number of ether oxygens (including phenoxy) is 1. The molecule has 4 aromatic rings. The van der Waals surface area contributed by atoms with Crippen LogP contribution in [0, 0.1) is 5.92 Å². The predicted molar refractivity (Wildman–Crippen MR) is 162 cm³/mol. The molecular weight excluding hydrogens is 540 g/mol. The van der Waals surface area contributed by atoms with Crippen molar-refractivity contribution in [2.24, 2.45) is 5.92 Å². The first kappa shape index (κ1) is 30.1. The molecule has 0 radical (unpaired) electrons. The van der Waals surface area contributed by atoms with Crippen LogP contribution in [0.1, 0.15) is 24.0 Å². The molecule has 0 saturated heterocycles. The number of hydrogen-bond donors (Lipinski definition) is 4. The fourth-order valence-electron chi connectivity index (χ4n) is 5.17. The van der Waals surface area contributed by atoms with Crippen molar-refractivity contribution in [1.29, 1.82) is 0 Å². The summed E-state index contributed by atoms with van der Waals surface area (Å²) in [6.07, 6.45) is 5.94. The number of thioether (sulfide) groups is 1. The topological polar surface area (TPSA) is 133 Å². The molecule has 2 aromatic carbocycles. The van der Waals surface area contributed by atoms with E-state index in [4.69, 9.17) is 4.74 Å². The molecule has 9 nitrogen and oxygen atoms in total. The zero-order valence-corrected chi connectivity index (χ0v) is 24.1. The number of likely N-dealkylation sites (N-methyl/N-ethyl adjacent to an activating group) is 1. The summed E-state index contributed by atoms with van der Waals surface area (Å²) in [6.45, 7) is 0.138. The smallest absolute Gasteiger partial charge is 0.293 e. The van der Waals surface area contributed by atoms with Crippen molar-refractivity contribution < 1.29 is 23.9 Å². The maximum atomic E-state index is 13.6. The molecule has 3 unspecified atom stereocenters. The number of amides is 1. The SMILES string of the molecule is CNC(Cc1c[nH]c2ccccc12)C(=O)CC(Cc1c[nH]c2ccccc12)C(=O)NCC(=O)CC(CSC)OC=O. The van der Waals surface area contributed by atoms with Gasteiger partial charge in [-0.25, -0.2) is 0 Å². The molecule has 0 bridgehead atoms. The summed E-state index contributed by atoms with van der Waals surface area (Å²) in [5.74, 6) is -0.886. The summed E-state index contributed by atoms with van der Waals surface area (Å²) in [4.78, 5) is 56.9. The second-order valence-corrected chi connectivity index (χ2v) is 11.0. The largest absolute Gasteiger partial charge is 0.463 e. The molecule has 1 amide bonds. The number of para-hydroxylation sites is 2. The second kappa shape index (κ2) is 14.7. The van der Waals surface area contributed by atoms with E-state index in [1.54, 1.807) is 7.05 Å². The molecule has 10 heteroatoms. The molecule has 41 heavy (non-hydrogen) atoms. The average Bonchev–Trinajstić information content (AvgIpc) is 3.58. The monoisotopic (exact) mass is 576 g/mol. The summed E-state index contributed by atoms with van der Waals surface area (Å²) >= 11 is 1.47. The molecule has 4 rings (SSSR count). The number of fused-ring (bicyclic) bond motifs is 2. The number of carbonyl (C=O) groups excluding carboxylic acids is 4. The minimum atomic E-state index is -0.679. The van der Waals surface area contributed by atoms with Gasteiger partial charge < -0.3 is 25.3 Å². The maximum Gasteiger partial charge on any atom is 0.293 e. The van der Waals surface area contributed by atoms with Crippen LogP contribution < -0.4 is 10.6 Å². The van der Waals surface area contributed by atoms with Gasteiger partial charge in [-0.05, 0) is 49.4 Å². The Bertz CT molecular complexity index is 1500. The third-order valence-corrected chi connectivity index (χ3v) is 8.02. The van der Waals surface area contributed by atoms with Crippen molar-refractivity contribution in [3.8, 4) is 0 Å². The number of H-pyrrole nitrogens is 2. The maximum absolute atomic E-state index is 13.6. The molecule has 3 atom stereocenters. The summed E-state index contributed by atoms with van der Waals surface area (Å²) in [7, 11) is 1.75. The van der Waals surface area contributed by atoms with Gasteiger partial charge in [0.1, 0.15) is 6.10 Å². The van der Waals surface area contributed by atoms with Crippen LogP contribution in [-0.2, 0) is 36.8 Å².